The van der Waals surface area contributed by atoms with E-state index in [0.29, 0.717) is 0 Å². The number of sulfonamides is 1. The SMILES string of the molecule is CN(C)S(=O)(=O)c1ccccc1S(=O)(=O)O. The van der Waals surface area contributed by atoms with Crippen molar-refractivity contribution < 1.29 is 21.4 Å². The monoisotopic (exact) mass is 265 g/mol. The second-order valence-corrected chi connectivity index (χ2v) is 6.72. The number of rotatable bonds is 3. The summed E-state index contributed by atoms with van der Waals surface area (Å²) in [6.07, 6.45) is 0. The van der Waals surface area contributed by atoms with Crippen molar-refractivity contribution >= 4 is 20.1 Å². The predicted molar refractivity (Wildman–Crippen MR) is 57.1 cm³/mol. The molecule has 1 N–H and O–H groups in total. The van der Waals surface area contributed by atoms with Crippen LogP contribution < -0.4 is 0 Å². The van der Waals surface area contributed by atoms with E-state index in [2.05, 4.69) is 0 Å². The summed E-state index contributed by atoms with van der Waals surface area (Å²) < 4.78 is 55.3. The molecule has 0 amide bonds. The van der Waals surface area contributed by atoms with Gasteiger partial charge in [0.1, 0.15) is 9.79 Å². The van der Waals surface area contributed by atoms with Crippen molar-refractivity contribution in [2.75, 3.05) is 14.1 Å². The van der Waals surface area contributed by atoms with E-state index in [1.165, 1.54) is 26.2 Å². The minimum absolute atomic E-state index is 0.442. The molecule has 0 fully saturated rings. The molecule has 0 aliphatic carbocycles. The maximum absolute atomic E-state index is 11.7. The van der Waals surface area contributed by atoms with E-state index in [4.69, 9.17) is 4.55 Å². The van der Waals surface area contributed by atoms with Gasteiger partial charge in [0, 0.05) is 14.1 Å². The molecule has 1 aromatic carbocycles. The second-order valence-electron chi connectivity index (χ2n) is 3.21. The van der Waals surface area contributed by atoms with E-state index in [-0.39, 0.29) is 0 Å². The summed E-state index contributed by atoms with van der Waals surface area (Å²) in [5.74, 6) is 0. The first-order valence-electron chi connectivity index (χ1n) is 4.16. The largest absolute Gasteiger partial charge is 0.295 e. The van der Waals surface area contributed by atoms with Crippen LogP contribution in [-0.4, -0.2) is 39.8 Å². The van der Waals surface area contributed by atoms with Crippen LogP contribution in [0.4, 0.5) is 0 Å². The Bertz CT molecular complexity index is 589. The Labute approximate surface area is 94.3 Å². The molecule has 0 atom stereocenters. The Balaban J connectivity index is 3.61. The van der Waals surface area contributed by atoms with Crippen LogP contribution in [0.3, 0.4) is 0 Å². The van der Waals surface area contributed by atoms with Crippen LogP contribution in [0.1, 0.15) is 0 Å². The smallest absolute Gasteiger partial charge is 0.282 e. The van der Waals surface area contributed by atoms with Crippen LogP contribution in [0.25, 0.3) is 0 Å². The third kappa shape index (κ3) is 2.40. The number of benzene rings is 1. The van der Waals surface area contributed by atoms with E-state index >= 15 is 0 Å². The zero-order chi connectivity index (χ0) is 12.6. The molecule has 0 aliphatic rings. The normalized spacial score (nSPS) is 13.0. The van der Waals surface area contributed by atoms with Crippen molar-refractivity contribution in [3.05, 3.63) is 24.3 Å². The van der Waals surface area contributed by atoms with Crippen molar-refractivity contribution in [3.8, 4) is 0 Å². The van der Waals surface area contributed by atoms with E-state index in [1.807, 2.05) is 0 Å². The minimum Gasteiger partial charge on any atom is -0.282 e. The van der Waals surface area contributed by atoms with Crippen molar-refractivity contribution in [1.82, 2.24) is 4.31 Å². The van der Waals surface area contributed by atoms with Gasteiger partial charge in [-0.15, -0.1) is 0 Å². The molecular formula is C8H11NO5S2. The van der Waals surface area contributed by atoms with Gasteiger partial charge in [-0.3, -0.25) is 4.55 Å². The molecule has 0 unspecified atom stereocenters. The molecule has 0 aromatic heterocycles. The molecule has 0 saturated carbocycles. The van der Waals surface area contributed by atoms with Gasteiger partial charge in [0.25, 0.3) is 10.1 Å². The lowest BCUT2D eigenvalue weighted by Gasteiger charge is -2.13. The van der Waals surface area contributed by atoms with E-state index in [0.717, 1.165) is 16.4 Å². The summed E-state index contributed by atoms with van der Waals surface area (Å²) in [6, 6.07) is 4.87. The highest BCUT2D eigenvalue weighted by molar-refractivity contribution is 7.91. The van der Waals surface area contributed by atoms with Crippen molar-refractivity contribution in [2.24, 2.45) is 0 Å². The summed E-state index contributed by atoms with van der Waals surface area (Å²) in [5, 5.41) is 0. The van der Waals surface area contributed by atoms with Crippen molar-refractivity contribution in [1.29, 1.82) is 0 Å². The van der Waals surface area contributed by atoms with Crippen LogP contribution >= 0.6 is 0 Å². The van der Waals surface area contributed by atoms with Crippen molar-refractivity contribution in [3.63, 3.8) is 0 Å². The van der Waals surface area contributed by atoms with Gasteiger partial charge in [-0.2, -0.15) is 8.42 Å². The molecule has 90 valence electrons. The van der Waals surface area contributed by atoms with E-state index < -0.39 is 29.9 Å². The Hall–Kier alpha value is -0.960. The van der Waals surface area contributed by atoms with E-state index in [1.54, 1.807) is 0 Å². The van der Waals surface area contributed by atoms with Crippen molar-refractivity contribution in [2.45, 2.75) is 9.79 Å². The number of nitrogens with zero attached hydrogens (tertiary/aromatic N) is 1. The van der Waals surface area contributed by atoms with Crippen LogP contribution in [0.15, 0.2) is 34.1 Å². The zero-order valence-corrected chi connectivity index (χ0v) is 10.3. The fraction of sp³-hybridized carbons (Fsp3) is 0.250. The lowest BCUT2D eigenvalue weighted by Crippen LogP contribution is -2.24. The van der Waals surface area contributed by atoms with Crippen LogP contribution in [0.5, 0.6) is 0 Å². The van der Waals surface area contributed by atoms with Gasteiger partial charge in [-0.25, -0.2) is 12.7 Å². The summed E-state index contributed by atoms with van der Waals surface area (Å²) >= 11 is 0. The highest BCUT2D eigenvalue weighted by Crippen LogP contribution is 2.22. The van der Waals surface area contributed by atoms with Crippen LogP contribution in [0, 0.1) is 0 Å². The Kier molecular flexibility index (Phi) is 3.38. The third-order valence-corrected chi connectivity index (χ3v) is 4.80. The summed E-state index contributed by atoms with van der Waals surface area (Å²) in [4.78, 5) is -1.06. The highest BCUT2D eigenvalue weighted by Gasteiger charge is 2.26. The Morgan fingerprint density at radius 3 is 1.81 bits per heavy atom. The molecule has 0 radical (unpaired) electrons. The molecule has 16 heavy (non-hydrogen) atoms. The molecule has 8 heteroatoms. The average molecular weight is 265 g/mol. The third-order valence-electron chi connectivity index (χ3n) is 1.89. The maximum atomic E-state index is 11.7. The molecule has 0 aliphatic heterocycles. The van der Waals surface area contributed by atoms with Crippen LogP contribution in [-0.2, 0) is 20.1 Å². The lowest BCUT2D eigenvalue weighted by atomic mass is 10.4. The standard InChI is InChI=1S/C8H11NO5S2/c1-9(2)15(10,11)7-5-3-4-6-8(7)16(12,13)14/h3-6H,1-2H3,(H,12,13,14). The molecule has 0 spiro atoms. The van der Waals surface area contributed by atoms with Crippen LogP contribution in [0.2, 0.25) is 0 Å². The zero-order valence-electron chi connectivity index (χ0n) is 8.65. The number of hydrogen-bond acceptors (Lipinski definition) is 4. The maximum Gasteiger partial charge on any atom is 0.295 e. The molecule has 0 bridgehead atoms. The molecule has 6 nitrogen and oxygen atoms in total. The Morgan fingerprint density at radius 1 is 1.00 bits per heavy atom. The molecular weight excluding hydrogens is 254 g/mol. The number of hydrogen-bond donors (Lipinski definition) is 1. The van der Waals surface area contributed by atoms with Gasteiger partial charge >= 0.3 is 0 Å². The predicted octanol–water partition coefficient (Wildman–Crippen LogP) is 0.184. The molecule has 1 rings (SSSR count). The molecule has 1 aromatic rings. The highest BCUT2D eigenvalue weighted by atomic mass is 32.2. The molecule has 0 heterocycles. The average Bonchev–Trinajstić information content (AvgIpc) is 2.16. The van der Waals surface area contributed by atoms with Gasteiger partial charge in [-0.1, -0.05) is 12.1 Å². The van der Waals surface area contributed by atoms with Gasteiger partial charge in [0.15, 0.2) is 0 Å². The van der Waals surface area contributed by atoms with E-state index in [9.17, 15) is 16.8 Å². The second kappa shape index (κ2) is 4.13. The van der Waals surface area contributed by atoms with Gasteiger partial charge in [-0.05, 0) is 12.1 Å². The fourth-order valence-corrected chi connectivity index (χ4v) is 3.24. The summed E-state index contributed by atoms with van der Waals surface area (Å²) in [7, 11) is -5.90. The quantitative estimate of drug-likeness (QED) is 0.787. The van der Waals surface area contributed by atoms with Gasteiger partial charge in [0.05, 0.1) is 0 Å². The van der Waals surface area contributed by atoms with Gasteiger partial charge < -0.3 is 0 Å². The first-order valence-corrected chi connectivity index (χ1v) is 7.04. The summed E-state index contributed by atoms with van der Waals surface area (Å²) in [5.41, 5.74) is 0. The molecule has 0 saturated heterocycles. The topological polar surface area (TPSA) is 91.8 Å². The summed E-state index contributed by atoms with van der Waals surface area (Å²) in [6.45, 7) is 0. The minimum atomic E-state index is -4.56. The first kappa shape index (κ1) is 13.1. The fourth-order valence-electron chi connectivity index (χ4n) is 1.07. The first-order chi connectivity index (χ1) is 7.17. The lowest BCUT2D eigenvalue weighted by molar-refractivity contribution is 0.477. The van der Waals surface area contributed by atoms with Gasteiger partial charge in [0.2, 0.25) is 10.0 Å². The Morgan fingerprint density at radius 2 is 1.44 bits per heavy atom.